The molecule has 2 aromatic carbocycles. The average molecular weight is 396 g/mol. The van der Waals surface area contributed by atoms with Crippen LogP contribution in [0.1, 0.15) is 43.1 Å². The van der Waals surface area contributed by atoms with Crippen molar-refractivity contribution in [1.29, 1.82) is 0 Å². The minimum atomic E-state index is -0.289. The van der Waals surface area contributed by atoms with E-state index in [0.29, 0.717) is 31.1 Å². The van der Waals surface area contributed by atoms with Gasteiger partial charge in [0.05, 0.1) is 19.8 Å². The van der Waals surface area contributed by atoms with Gasteiger partial charge in [-0.2, -0.15) is 0 Å². The van der Waals surface area contributed by atoms with Crippen molar-refractivity contribution in [3.8, 4) is 11.5 Å². The van der Waals surface area contributed by atoms with E-state index in [4.69, 9.17) is 15.2 Å². The fourth-order valence-corrected chi connectivity index (χ4v) is 2.83. The number of amides is 1. The number of nitrogens with two attached hydrogens (primary N) is 1. The van der Waals surface area contributed by atoms with Crippen LogP contribution in [0.2, 0.25) is 0 Å². The molecule has 0 aromatic heterocycles. The maximum absolute atomic E-state index is 12.3. The zero-order valence-corrected chi connectivity index (χ0v) is 17.1. The number of benzene rings is 2. The molecule has 0 atom stereocenters. The molecule has 29 heavy (non-hydrogen) atoms. The van der Waals surface area contributed by atoms with Crippen LogP contribution in [0.5, 0.6) is 11.5 Å². The number of nitrogens with one attached hydrogen (secondary N) is 2. The number of hydrogen-bond donors (Lipinski definition) is 3. The molecule has 1 heterocycles. The van der Waals surface area contributed by atoms with Crippen LogP contribution in [0.25, 0.3) is 0 Å². The van der Waals surface area contributed by atoms with Gasteiger partial charge in [0.2, 0.25) is 0 Å². The predicted octanol–water partition coefficient (Wildman–Crippen LogP) is 3.30. The lowest BCUT2D eigenvalue weighted by molar-refractivity contribution is 0.0919. The summed E-state index contributed by atoms with van der Waals surface area (Å²) in [5, 5.41) is 6.02. The van der Waals surface area contributed by atoms with Crippen LogP contribution in [-0.4, -0.2) is 30.6 Å². The van der Waals surface area contributed by atoms with E-state index in [-0.39, 0.29) is 17.4 Å². The van der Waals surface area contributed by atoms with E-state index in [2.05, 4.69) is 15.6 Å². The first-order valence-electron chi connectivity index (χ1n) is 9.68. The van der Waals surface area contributed by atoms with Gasteiger partial charge in [-0.3, -0.25) is 4.79 Å². The molecule has 7 nitrogen and oxygen atoms in total. The lowest BCUT2D eigenvalue weighted by Gasteiger charge is -2.20. The zero-order chi connectivity index (χ0) is 20.9. The number of carbonyl (C=O) groups excluding carboxylic acids is 1. The SMILES string of the molecule is CC(C)(C)NC(=O)c1cccc(CN=C(N)Nc2ccc3c(c2)OCCCO3)c1. The first kappa shape index (κ1) is 20.5. The number of nitrogens with zero attached hydrogens (tertiary/aromatic N) is 1. The zero-order valence-electron chi connectivity index (χ0n) is 17.1. The number of hydrogen-bond acceptors (Lipinski definition) is 4. The molecule has 1 aliphatic heterocycles. The van der Waals surface area contributed by atoms with Crippen molar-refractivity contribution in [1.82, 2.24) is 5.32 Å². The van der Waals surface area contributed by atoms with E-state index in [1.807, 2.05) is 57.2 Å². The van der Waals surface area contributed by atoms with Gasteiger partial charge in [0, 0.05) is 29.3 Å². The molecular weight excluding hydrogens is 368 g/mol. The second kappa shape index (κ2) is 8.86. The quantitative estimate of drug-likeness (QED) is 0.544. The van der Waals surface area contributed by atoms with Gasteiger partial charge in [-0.25, -0.2) is 4.99 Å². The molecular formula is C22H28N4O3. The molecule has 7 heteroatoms. The van der Waals surface area contributed by atoms with E-state index in [0.717, 1.165) is 23.4 Å². The number of fused-ring (bicyclic) bond motifs is 1. The molecule has 0 fully saturated rings. The van der Waals surface area contributed by atoms with E-state index in [1.54, 1.807) is 6.07 Å². The van der Waals surface area contributed by atoms with Gasteiger partial charge in [-0.15, -0.1) is 0 Å². The Labute approximate surface area is 171 Å². The Hall–Kier alpha value is -3.22. The summed E-state index contributed by atoms with van der Waals surface area (Å²) >= 11 is 0. The van der Waals surface area contributed by atoms with Crippen molar-refractivity contribution in [2.45, 2.75) is 39.3 Å². The van der Waals surface area contributed by atoms with Crippen molar-refractivity contribution in [2.75, 3.05) is 18.5 Å². The molecule has 154 valence electrons. The Morgan fingerprint density at radius 3 is 2.62 bits per heavy atom. The molecule has 4 N–H and O–H groups in total. The van der Waals surface area contributed by atoms with E-state index in [1.165, 1.54) is 0 Å². The second-order valence-corrected chi connectivity index (χ2v) is 7.94. The van der Waals surface area contributed by atoms with Gasteiger partial charge < -0.3 is 25.8 Å². The molecule has 0 unspecified atom stereocenters. The van der Waals surface area contributed by atoms with Crippen LogP contribution in [-0.2, 0) is 6.54 Å². The van der Waals surface area contributed by atoms with Gasteiger partial charge >= 0.3 is 0 Å². The summed E-state index contributed by atoms with van der Waals surface area (Å²) in [5.74, 6) is 1.59. The fourth-order valence-electron chi connectivity index (χ4n) is 2.83. The highest BCUT2D eigenvalue weighted by Crippen LogP contribution is 2.32. The number of carbonyl (C=O) groups is 1. The smallest absolute Gasteiger partial charge is 0.251 e. The Balaban J connectivity index is 1.63. The Morgan fingerprint density at radius 2 is 1.86 bits per heavy atom. The van der Waals surface area contributed by atoms with Crippen LogP contribution in [0.15, 0.2) is 47.5 Å². The largest absolute Gasteiger partial charge is 0.490 e. The summed E-state index contributed by atoms with van der Waals surface area (Å²) in [7, 11) is 0. The summed E-state index contributed by atoms with van der Waals surface area (Å²) in [6, 6.07) is 12.9. The van der Waals surface area contributed by atoms with Gasteiger partial charge in [0.15, 0.2) is 17.5 Å². The molecule has 0 bridgehead atoms. The Bertz CT molecular complexity index is 903. The maximum Gasteiger partial charge on any atom is 0.251 e. The van der Waals surface area contributed by atoms with Crippen molar-refractivity contribution >= 4 is 17.6 Å². The summed E-state index contributed by atoms with van der Waals surface area (Å²) in [6.07, 6.45) is 0.855. The minimum absolute atomic E-state index is 0.110. The lowest BCUT2D eigenvalue weighted by Crippen LogP contribution is -2.40. The Morgan fingerprint density at radius 1 is 1.10 bits per heavy atom. The van der Waals surface area contributed by atoms with Crippen LogP contribution >= 0.6 is 0 Å². The van der Waals surface area contributed by atoms with Crippen LogP contribution in [0.4, 0.5) is 5.69 Å². The molecule has 3 rings (SSSR count). The van der Waals surface area contributed by atoms with Gasteiger partial charge in [-0.1, -0.05) is 12.1 Å². The first-order valence-corrected chi connectivity index (χ1v) is 9.68. The van der Waals surface area contributed by atoms with Crippen LogP contribution < -0.4 is 25.8 Å². The summed E-state index contributed by atoms with van der Waals surface area (Å²) < 4.78 is 11.3. The van der Waals surface area contributed by atoms with Crippen molar-refractivity contribution in [2.24, 2.45) is 10.7 Å². The van der Waals surface area contributed by atoms with Gasteiger partial charge in [-0.05, 0) is 50.6 Å². The number of rotatable bonds is 4. The molecule has 1 aliphatic rings. The number of ether oxygens (including phenoxy) is 2. The van der Waals surface area contributed by atoms with Crippen molar-refractivity contribution in [3.63, 3.8) is 0 Å². The maximum atomic E-state index is 12.3. The topological polar surface area (TPSA) is 98.0 Å². The highest BCUT2D eigenvalue weighted by Gasteiger charge is 2.15. The monoisotopic (exact) mass is 396 g/mol. The summed E-state index contributed by atoms with van der Waals surface area (Å²) in [6.45, 7) is 7.48. The summed E-state index contributed by atoms with van der Waals surface area (Å²) in [5.41, 5.74) is 8.01. The van der Waals surface area contributed by atoms with E-state index >= 15 is 0 Å². The normalized spacial score (nSPS) is 14.1. The van der Waals surface area contributed by atoms with Gasteiger partial charge in [0.1, 0.15) is 0 Å². The summed E-state index contributed by atoms with van der Waals surface area (Å²) in [4.78, 5) is 16.7. The molecule has 0 saturated heterocycles. The standard InChI is InChI=1S/C22H28N4O3/c1-22(2,3)26-20(27)16-7-4-6-15(12-16)14-24-21(23)25-17-8-9-18-19(13-17)29-11-5-10-28-18/h4,6-9,12-13H,5,10-11,14H2,1-3H3,(H,26,27)(H3,23,24,25). The third-order valence-electron chi connectivity index (χ3n) is 4.13. The van der Waals surface area contributed by atoms with Gasteiger partial charge in [0.25, 0.3) is 5.91 Å². The third-order valence-corrected chi connectivity index (χ3v) is 4.13. The van der Waals surface area contributed by atoms with Crippen molar-refractivity contribution in [3.05, 3.63) is 53.6 Å². The second-order valence-electron chi connectivity index (χ2n) is 7.94. The third kappa shape index (κ3) is 6.14. The molecule has 0 radical (unpaired) electrons. The number of anilines is 1. The average Bonchev–Trinajstić information content (AvgIpc) is 2.90. The molecule has 0 spiro atoms. The predicted molar refractivity (Wildman–Crippen MR) is 115 cm³/mol. The lowest BCUT2D eigenvalue weighted by atomic mass is 10.1. The molecule has 0 saturated carbocycles. The van der Waals surface area contributed by atoms with E-state index in [9.17, 15) is 4.79 Å². The van der Waals surface area contributed by atoms with E-state index < -0.39 is 0 Å². The van der Waals surface area contributed by atoms with Crippen LogP contribution in [0.3, 0.4) is 0 Å². The number of aliphatic imine (C=N–C) groups is 1. The number of guanidine groups is 1. The minimum Gasteiger partial charge on any atom is -0.490 e. The fraction of sp³-hybridized carbons (Fsp3) is 0.364. The molecule has 1 amide bonds. The first-order chi connectivity index (χ1) is 13.8. The highest BCUT2D eigenvalue weighted by atomic mass is 16.5. The molecule has 2 aromatic rings. The Kier molecular flexibility index (Phi) is 6.26. The van der Waals surface area contributed by atoms with Crippen molar-refractivity contribution < 1.29 is 14.3 Å². The van der Waals surface area contributed by atoms with Crippen LogP contribution in [0, 0.1) is 0 Å². The highest BCUT2D eigenvalue weighted by molar-refractivity contribution is 5.95. The molecule has 0 aliphatic carbocycles.